The summed E-state index contributed by atoms with van der Waals surface area (Å²) in [6, 6.07) is 12.4. The van der Waals surface area contributed by atoms with Crippen LogP contribution < -0.4 is 5.56 Å². The number of aromatic nitrogens is 5. The molecule has 1 aliphatic heterocycles. The van der Waals surface area contributed by atoms with Crippen molar-refractivity contribution in [1.29, 1.82) is 0 Å². The minimum atomic E-state index is -0.278. The van der Waals surface area contributed by atoms with Crippen LogP contribution >= 0.6 is 0 Å². The van der Waals surface area contributed by atoms with Crippen LogP contribution in [0.5, 0.6) is 0 Å². The summed E-state index contributed by atoms with van der Waals surface area (Å²) in [6.45, 7) is 10.6. The lowest BCUT2D eigenvalue weighted by atomic mass is 9.99. The van der Waals surface area contributed by atoms with Crippen molar-refractivity contribution in [1.82, 2.24) is 30.1 Å². The quantitative estimate of drug-likeness (QED) is 0.346. The van der Waals surface area contributed by atoms with Gasteiger partial charge in [-0.15, -0.1) is 5.10 Å². The van der Waals surface area contributed by atoms with Crippen LogP contribution in [-0.2, 0) is 17.8 Å². The highest BCUT2D eigenvalue weighted by molar-refractivity contribution is 5.83. The van der Waals surface area contributed by atoms with Gasteiger partial charge in [-0.1, -0.05) is 38.1 Å². The van der Waals surface area contributed by atoms with Gasteiger partial charge in [0.25, 0.3) is 5.56 Å². The molecule has 1 fully saturated rings. The molecule has 0 saturated carbocycles. The van der Waals surface area contributed by atoms with Gasteiger partial charge in [-0.3, -0.25) is 9.69 Å². The molecule has 38 heavy (non-hydrogen) atoms. The fraction of sp³-hybridized carbons (Fsp3) is 0.448. The number of halogens is 1. The molecule has 2 aromatic heterocycles. The molecule has 0 radical (unpaired) electrons. The van der Waals surface area contributed by atoms with E-state index in [-0.39, 0.29) is 29.4 Å². The van der Waals surface area contributed by atoms with Crippen molar-refractivity contribution >= 4 is 10.9 Å². The number of pyridine rings is 1. The van der Waals surface area contributed by atoms with E-state index in [1.807, 2.05) is 19.9 Å². The van der Waals surface area contributed by atoms with Crippen molar-refractivity contribution in [2.24, 2.45) is 5.92 Å². The Labute approximate surface area is 221 Å². The van der Waals surface area contributed by atoms with E-state index in [0.29, 0.717) is 31.0 Å². The van der Waals surface area contributed by atoms with E-state index in [0.717, 1.165) is 47.0 Å². The largest absolute Gasteiger partial charge is 0.377 e. The fourth-order valence-electron chi connectivity index (χ4n) is 5.41. The van der Waals surface area contributed by atoms with Gasteiger partial charge in [0.1, 0.15) is 5.82 Å². The Kier molecular flexibility index (Phi) is 7.67. The van der Waals surface area contributed by atoms with Crippen LogP contribution in [0.25, 0.3) is 10.9 Å². The van der Waals surface area contributed by atoms with Gasteiger partial charge in [-0.05, 0) is 83.3 Å². The Morgan fingerprint density at radius 3 is 2.68 bits per heavy atom. The van der Waals surface area contributed by atoms with Crippen LogP contribution in [0.1, 0.15) is 60.8 Å². The minimum Gasteiger partial charge on any atom is -0.377 e. The number of aromatic amines is 1. The molecule has 0 unspecified atom stereocenters. The summed E-state index contributed by atoms with van der Waals surface area (Å²) in [6.07, 6.45) is 2.10. The Hall–Kier alpha value is -3.43. The molecule has 200 valence electrons. The number of rotatable bonds is 9. The first-order valence-corrected chi connectivity index (χ1v) is 13.3. The number of nitrogens with zero attached hydrogens (tertiary/aromatic N) is 5. The normalized spacial score (nSPS) is 16.7. The van der Waals surface area contributed by atoms with Crippen LogP contribution in [0, 0.1) is 25.6 Å². The van der Waals surface area contributed by atoms with E-state index in [2.05, 4.69) is 51.4 Å². The van der Waals surface area contributed by atoms with Gasteiger partial charge in [-0.25, -0.2) is 9.07 Å². The van der Waals surface area contributed by atoms with Crippen molar-refractivity contribution < 1.29 is 9.13 Å². The number of benzene rings is 2. The SMILES string of the molecule is Cc1ccc2cc(CN(C[C@@H]3CCCO3)[C@@H](c3nnnn3Cc3ccc(F)cc3)C(C)C)c(=O)[nH]c2c1C. The van der Waals surface area contributed by atoms with Crippen LogP contribution in [-0.4, -0.2) is 49.3 Å². The Balaban J connectivity index is 1.51. The van der Waals surface area contributed by atoms with E-state index in [9.17, 15) is 9.18 Å². The summed E-state index contributed by atoms with van der Waals surface area (Å²) in [5.41, 5.74) is 4.63. The van der Waals surface area contributed by atoms with Crippen molar-refractivity contribution in [2.45, 2.75) is 65.8 Å². The lowest BCUT2D eigenvalue weighted by molar-refractivity contribution is 0.0385. The summed E-state index contributed by atoms with van der Waals surface area (Å²) in [5.74, 6) is 0.587. The van der Waals surface area contributed by atoms with E-state index in [1.165, 1.54) is 12.1 Å². The minimum absolute atomic E-state index is 0.0853. The number of aryl methyl sites for hydroxylation is 2. The molecule has 5 rings (SSSR count). The van der Waals surface area contributed by atoms with Gasteiger partial charge >= 0.3 is 0 Å². The lowest BCUT2D eigenvalue weighted by Gasteiger charge is -2.35. The first kappa shape index (κ1) is 26.2. The van der Waals surface area contributed by atoms with Gasteiger partial charge in [0, 0.05) is 25.3 Å². The molecule has 2 atom stereocenters. The molecular weight excluding hydrogens is 483 g/mol. The highest BCUT2D eigenvalue weighted by atomic mass is 19.1. The third-order valence-electron chi connectivity index (χ3n) is 7.56. The fourth-order valence-corrected chi connectivity index (χ4v) is 5.41. The maximum absolute atomic E-state index is 13.5. The number of hydrogen-bond acceptors (Lipinski definition) is 6. The van der Waals surface area contributed by atoms with Gasteiger partial charge < -0.3 is 9.72 Å². The second kappa shape index (κ2) is 11.1. The molecule has 4 aromatic rings. The molecule has 3 heterocycles. The number of ether oxygens (including phenoxy) is 1. The number of tetrazole rings is 1. The highest BCUT2D eigenvalue weighted by Crippen LogP contribution is 2.31. The van der Waals surface area contributed by atoms with Crippen LogP contribution in [0.3, 0.4) is 0 Å². The Morgan fingerprint density at radius 1 is 1.18 bits per heavy atom. The van der Waals surface area contributed by atoms with Crippen LogP contribution in [0.15, 0.2) is 47.3 Å². The predicted octanol–water partition coefficient (Wildman–Crippen LogP) is 4.70. The number of hydrogen-bond donors (Lipinski definition) is 1. The lowest BCUT2D eigenvalue weighted by Crippen LogP contribution is -2.40. The zero-order chi connectivity index (χ0) is 26.8. The van der Waals surface area contributed by atoms with Gasteiger partial charge in [0.15, 0.2) is 5.82 Å². The van der Waals surface area contributed by atoms with E-state index >= 15 is 0 Å². The summed E-state index contributed by atoms with van der Waals surface area (Å²) in [7, 11) is 0. The van der Waals surface area contributed by atoms with Crippen LogP contribution in [0.2, 0.25) is 0 Å². The molecule has 1 N–H and O–H groups in total. The van der Waals surface area contributed by atoms with Gasteiger partial charge in [0.2, 0.25) is 0 Å². The first-order chi connectivity index (χ1) is 18.3. The predicted molar refractivity (Wildman–Crippen MR) is 144 cm³/mol. The summed E-state index contributed by atoms with van der Waals surface area (Å²) in [5, 5.41) is 13.7. The zero-order valence-electron chi connectivity index (χ0n) is 22.4. The third-order valence-corrected chi connectivity index (χ3v) is 7.56. The topological polar surface area (TPSA) is 88.9 Å². The van der Waals surface area contributed by atoms with Crippen LogP contribution in [0.4, 0.5) is 4.39 Å². The van der Waals surface area contributed by atoms with E-state index < -0.39 is 0 Å². The molecule has 0 spiro atoms. The molecule has 1 aliphatic rings. The summed E-state index contributed by atoms with van der Waals surface area (Å²) < 4.78 is 21.3. The molecule has 0 bridgehead atoms. The second-order valence-electron chi connectivity index (χ2n) is 10.7. The van der Waals surface area contributed by atoms with Crippen molar-refractivity contribution in [2.75, 3.05) is 13.2 Å². The van der Waals surface area contributed by atoms with E-state index in [4.69, 9.17) is 4.74 Å². The number of nitrogens with one attached hydrogen (secondary N) is 1. The Morgan fingerprint density at radius 2 is 1.97 bits per heavy atom. The highest BCUT2D eigenvalue weighted by Gasteiger charge is 2.32. The number of H-pyrrole nitrogens is 1. The van der Waals surface area contributed by atoms with Crippen molar-refractivity contribution in [3.05, 3.63) is 86.7 Å². The van der Waals surface area contributed by atoms with Crippen molar-refractivity contribution in [3.63, 3.8) is 0 Å². The molecule has 8 nitrogen and oxygen atoms in total. The maximum atomic E-state index is 13.5. The average Bonchev–Trinajstić information content (AvgIpc) is 3.56. The van der Waals surface area contributed by atoms with Crippen molar-refractivity contribution in [3.8, 4) is 0 Å². The molecule has 0 amide bonds. The summed E-state index contributed by atoms with van der Waals surface area (Å²) in [4.78, 5) is 18.7. The third kappa shape index (κ3) is 5.54. The smallest absolute Gasteiger partial charge is 0.252 e. The zero-order valence-corrected chi connectivity index (χ0v) is 22.4. The molecule has 1 saturated heterocycles. The van der Waals surface area contributed by atoms with Gasteiger partial charge in [0.05, 0.1) is 24.2 Å². The number of fused-ring (bicyclic) bond motifs is 1. The molecular formula is C29H35FN6O2. The molecule has 2 aromatic carbocycles. The molecule has 0 aliphatic carbocycles. The Bertz CT molecular complexity index is 1460. The average molecular weight is 519 g/mol. The molecule has 9 heteroatoms. The summed E-state index contributed by atoms with van der Waals surface area (Å²) >= 11 is 0. The monoisotopic (exact) mass is 518 g/mol. The van der Waals surface area contributed by atoms with Gasteiger partial charge in [-0.2, -0.15) is 0 Å². The second-order valence-corrected chi connectivity index (χ2v) is 10.7. The van der Waals surface area contributed by atoms with E-state index in [1.54, 1.807) is 16.8 Å². The standard InChI is InChI=1S/C29H35FN6O2/c1-18(2)27(28-32-33-34-36(28)15-21-8-11-24(30)12-9-21)35(17-25-6-5-13-38-25)16-23-14-22-10-7-19(3)20(4)26(22)31-29(23)37/h7-12,14,18,25,27H,5-6,13,15-17H2,1-4H3,(H,31,37)/t25-,27+/m0/s1. The maximum Gasteiger partial charge on any atom is 0.252 e. The first-order valence-electron chi connectivity index (χ1n) is 13.3.